The summed E-state index contributed by atoms with van der Waals surface area (Å²) in [5.74, 6) is 1.62. The molecular weight excluding hydrogens is 316 g/mol. The van der Waals surface area contributed by atoms with Crippen LogP contribution in [0.15, 0.2) is 24.3 Å². The second-order valence-electron chi connectivity index (χ2n) is 7.40. The highest BCUT2D eigenvalue weighted by Gasteiger charge is 2.33. The van der Waals surface area contributed by atoms with Crippen LogP contribution in [-0.4, -0.2) is 69.8 Å². The van der Waals surface area contributed by atoms with Gasteiger partial charge in [0.25, 0.3) is 0 Å². The number of nitrogens with zero attached hydrogens (tertiary/aromatic N) is 2. The zero-order valence-corrected chi connectivity index (χ0v) is 14.7. The summed E-state index contributed by atoms with van der Waals surface area (Å²) >= 11 is 0. The molecule has 4 rings (SSSR count). The lowest BCUT2D eigenvalue weighted by Crippen LogP contribution is -2.43. The number of morpholine rings is 1. The van der Waals surface area contributed by atoms with E-state index in [0.717, 1.165) is 64.1 Å². The van der Waals surface area contributed by atoms with Gasteiger partial charge in [-0.3, -0.25) is 9.69 Å². The van der Waals surface area contributed by atoms with Crippen LogP contribution >= 0.6 is 0 Å². The van der Waals surface area contributed by atoms with Crippen LogP contribution in [0, 0.1) is 11.8 Å². The highest BCUT2D eigenvalue weighted by Crippen LogP contribution is 2.26. The van der Waals surface area contributed by atoms with E-state index in [1.165, 1.54) is 12.1 Å². The molecule has 1 amide bonds. The first-order valence-corrected chi connectivity index (χ1v) is 9.43. The molecule has 2 N–H and O–H groups in total. The van der Waals surface area contributed by atoms with Gasteiger partial charge in [-0.25, -0.2) is 0 Å². The summed E-state index contributed by atoms with van der Waals surface area (Å²) in [4.78, 5) is 17.0. The van der Waals surface area contributed by atoms with Crippen molar-refractivity contribution in [2.24, 2.45) is 11.8 Å². The van der Waals surface area contributed by atoms with Gasteiger partial charge in [0.2, 0.25) is 5.91 Å². The van der Waals surface area contributed by atoms with E-state index in [0.29, 0.717) is 12.5 Å². The van der Waals surface area contributed by atoms with Crippen LogP contribution in [0.4, 0.5) is 11.4 Å². The average Bonchev–Trinajstić information content (AvgIpc) is 3.11. The first-order chi connectivity index (χ1) is 12.3. The van der Waals surface area contributed by atoms with E-state index in [-0.39, 0.29) is 5.91 Å². The number of anilines is 2. The highest BCUT2D eigenvalue weighted by molar-refractivity contribution is 5.92. The van der Waals surface area contributed by atoms with E-state index < -0.39 is 0 Å². The van der Waals surface area contributed by atoms with Crippen molar-refractivity contribution in [3.63, 3.8) is 0 Å². The predicted molar refractivity (Wildman–Crippen MR) is 99.0 cm³/mol. The Bertz CT molecular complexity index is 586. The molecule has 0 bridgehead atoms. The van der Waals surface area contributed by atoms with Crippen molar-refractivity contribution in [2.45, 2.75) is 6.42 Å². The van der Waals surface area contributed by atoms with Crippen LogP contribution in [0.1, 0.15) is 6.42 Å². The van der Waals surface area contributed by atoms with Gasteiger partial charge in [0.1, 0.15) is 0 Å². The Labute approximate surface area is 149 Å². The normalized spacial score (nSPS) is 27.1. The van der Waals surface area contributed by atoms with Gasteiger partial charge in [-0.15, -0.1) is 0 Å². The SMILES string of the molecule is O=C(CN1CC[C@@H]2CNC[C@@H]2C1)Nc1ccc(N2CCOCC2)cc1. The lowest BCUT2D eigenvalue weighted by molar-refractivity contribution is -0.117. The lowest BCUT2D eigenvalue weighted by Gasteiger charge is -2.33. The molecule has 0 spiro atoms. The standard InChI is InChI=1S/C19H28N4O2/c24-19(14-22-6-5-15-11-20-12-16(15)13-22)21-17-1-3-18(4-2-17)23-7-9-25-10-8-23/h1-4,15-16,20H,5-14H2,(H,21,24)/t15-,16-/m1/s1. The quantitative estimate of drug-likeness (QED) is 0.854. The second kappa shape index (κ2) is 7.72. The third-order valence-corrected chi connectivity index (χ3v) is 5.68. The lowest BCUT2D eigenvalue weighted by atomic mass is 9.89. The Morgan fingerprint density at radius 3 is 2.68 bits per heavy atom. The maximum atomic E-state index is 12.4. The Morgan fingerprint density at radius 2 is 1.88 bits per heavy atom. The first-order valence-electron chi connectivity index (χ1n) is 9.43. The monoisotopic (exact) mass is 344 g/mol. The Kier molecular flexibility index (Phi) is 5.20. The number of nitrogens with one attached hydrogen (secondary N) is 2. The van der Waals surface area contributed by atoms with Gasteiger partial charge in [0, 0.05) is 31.0 Å². The number of fused-ring (bicyclic) bond motifs is 1. The zero-order chi connectivity index (χ0) is 17.1. The molecule has 3 heterocycles. The third kappa shape index (κ3) is 4.14. The Hall–Kier alpha value is -1.63. The van der Waals surface area contributed by atoms with Gasteiger partial charge >= 0.3 is 0 Å². The van der Waals surface area contributed by atoms with Gasteiger partial charge in [-0.2, -0.15) is 0 Å². The molecule has 0 aromatic heterocycles. The van der Waals surface area contributed by atoms with Gasteiger partial charge in [-0.1, -0.05) is 0 Å². The number of benzene rings is 1. The average molecular weight is 344 g/mol. The molecule has 0 radical (unpaired) electrons. The fourth-order valence-electron chi connectivity index (χ4n) is 4.23. The number of carbonyl (C=O) groups excluding carboxylic acids is 1. The molecule has 3 aliphatic heterocycles. The second-order valence-corrected chi connectivity index (χ2v) is 7.40. The maximum Gasteiger partial charge on any atom is 0.238 e. The van der Waals surface area contributed by atoms with Crippen molar-refractivity contribution >= 4 is 17.3 Å². The van der Waals surface area contributed by atoms with Crippen LogP contribution in [0.25, 0.3) is 0 Å². The molecule has 0 aliphatic carbocycles. The number of hydrogen-bond donors (Lipinski definition) is 2. The Balaban J connectivity index is 1.27. The fraction of sp³-hybridized carbons (Fsp3) is 0.632. The van der Waals surface area contributed by atoms with E-state index >= 15 is 0 Å². The van der Waals surface area contributed by atoms with Crippen LogP contribution in [-0.2, 0) is 9.53 Å². The molecule has 0 saturated carbocycles. The minimum atomic E-state index is 0.0866. The van der Waals surface area contributed by atoms with Gasteiger partial charge in [0.15, 0.2) is 0 Å². The zero-order valence-electron chi connectivity index (χ0n) is 14.7. The molecule has 0 unspecified atom stereocenters. The minimum Gasteiger partial charge on any atom is -0.378 e. The van der Waals surface area contributed by atoms with Gasteiger partial charge in [-0.05, 0) is 62.2 Å². The Morgan fingerprint density at radius 1 is 1.12 bits per heavy atom. The molecule has 3 fully saturated rings. The van der Waals surface area contributed by atoms with Crippen molar-refractivity contribution in [3.05, 3.63) is 24.3 Å². The number of carbonyl (C=O) groups is 1. The molecule has 3 saturated heterocycles. The molecule has 2 atom stereocenters. The van der Waals surface area contributed by atoms with Crippen molar-refractivity contribution in [3.8, 4) is 0 Å². The van der Waals surface area contributed by atoms with Crippen molar-refractivity contribution in [2.75, 3.05) is 69.2 Å². The number of likely N-dealkylation sites (tertiary alicyclic amines) is 1. The van der Waals surface area contributed by atoms with Crippen molar-refractivity contribution < 1.29 is 9.53 Å². The van der Waals surface area contributed by atoms with E-state index in [1.54, 1.807) is 0 Å². The largest absolute Gasteiger partial charge is 0.378 e. The summed E-state index contributed by atoms with van der Waals surface area (Å²) in [6.07, 6.45) is 1.21. The van der Waals surface area contributed by atoms with Crippen LogP contribution in [0.2, 0.25) is 0 Å². The molecule has 136 valence electrons. The molecule has 1 aromatic carbocycles. The maximum absolute atomic E-state index is 12.4. The van der Waals surface area contributed by atoms with Crippen LogP contribution in [0.3, 0.4) is 0 Å². The van der Waals surface area contributed by atoms with E-state index in [1.807, 2.05) is 12.1 Å². The number of ether oxygens (including phenoxy) is 1. The number of piperidine rings is 1. The van der Waals surface area contributed by atoms with Crippen LogP contribution < -0.4 is 15.5 Å². The third-order valence-electron chi connectivity index (χ3n) is 5.68. The highest BCUT2D eigenvalue weighted by atomic mass is 16.5. The van der Waals surface area contributed by atoms with Crippen molar-refractivity contribution in [1.82, 2.24) is 10.2 Å². The number of hydrogen-bond acceptors (Lipinski definition) is 5. The van der Waals surface area contributed by atoms with Crippen molar-refractivity contribution in [1.29, 1.82) is 0 Å². The topological polar surface area (TPSA) is 56.8 Å². The summed E-state index contributed by atoms with van der Waals surface area (Å²) in [5, 5.41) is 6.51. The molecule has 1 aromatic rings. The van der Waals surface area contributed by atoms with E-state index in [2.05, 4.69) is 32.6 Å². The van der Waals surface area contributed by atoms with E-state index in [9.17, 15) is 4.79 Å². The number of rotatable bonds is 4. The van der Waals surface area contributed by atoms with Gasteiger partial charge in [0.05, 0.1) is 19.8 Å². The van der Waals surface area contributed by atoms with Gasteiger partial charge < -0.3 is 20.3 Å². The minimum absolute atomic E-state index is 0.0866. The first kappa shape index (κ1) is 16.8. The summed E-state index contributed by atoms with van der Waals surface area (Å²) in [6, 6.07) is 8.15. The smallest absolute Gasteiger partial charge is 0.238 e. The summed E-state index contributed by atoms with van der Waals surface area (Å²) < 4.78 is 5.39. The summed E-state index contributed by atoms with van der Waals surface area (Å²) in [6.45, 7) is 8.25. The number of amides is 1. The summed E-state index contributed by atoms with van der Waals surface area (Å²) in [7, 11) is 0. The molecule has 6 nitrogen and oxygen atoms in total. The van der Waals surface area contributed by atoms with E-state index in [4.69, 9.17) is 4.74 Å². The molecule has 25 heavy (non-hydrogen) atoms. The summed E-state index contributed by atoms with van der Waals surface area (Å²) in [5.41, 5.74) is 2.07. The van der Waals surface area contributed by atoms with Crippen LogP contribution in [0.5, 0.6) is 0 Å². The molecule has 3 aliphatic rings. The predicted octanol–water partition coefficient (Wildman–Crippen LogP) is 1.00. The molecule has 6 heteroatoms. The molecular formula is C19H28N4O2. The fourth-order valence-corrected chi connectivity index (χ4v) is 4.23.